The number of halogens is 3. The fourth-order valence-electron chi connectivity index (χ4n) is 0.973. The fraction of sp³-hybridized carbons (Fsp3) is 1.00. The molecule has 0 unspecified atom stereocenters. The zero-order valence-electron chi connectivity index (χ0n) is 8.35. The Balaban J connectivity index is 2.68. The zero-order chi connectivity index (χ0) is 13.2. The third kappa shape index (κ3) is 6.08. The van der Waals surface area contributed by atoms with Gasteiger partial charge in [-0.2, -0.15) is 0 Å². The standard InChI is InChI=1S/C5H11F3O7P2/c6-5(7,8)4-14-17(15-16(9,10)11)12-2-1-3-13-17/h17H,1-4H2,(H2,9,10,11). The number of phosphoric acid groups is 1. The third-order valence-electron chi connectivity index (χ3n) is 1.49. The van der Waals surface area contributed by atoms with Crippen LogP contribution in [-0.4, -0.2) is 35.8 Å². The van der Waals surface area contributed by atoms with E-state index in [0.717, 1.165) is 0 Å². The predicted octanol–water partition coefficient (Wildman–Crippen LogP) is 1.52. The molecule has 0 aromatic carbocycles. The third-order valence-corrected chi connectivity index (χ3v) is 4.95. The zero-order valence-corrected chi connectivity index (χ0v) is 10.2. The molecule has 0 saturated carbocycles. The molecule has 0 amide bonds. The van der Waals surface area contributed by atoms with Gasteiger partial charge in [0, 0.05) is 0 Å². The van der Waals surface area contributed by atoms with Crippen LogP contribution in [-0.2, 0) is 22.4 Å². The predicted molar refractivity (Wildman–Crippen MR) is 50.0 cm³/mol. The van der Waals surface area contributed by atoms with Crippen LogP contribution in [0.25, 0.3) is 0 Å². The molecule has 0 radical (unpaired) electrons. The Morgan fingerprint density at radius 2 is 1.82 bits per heavy atom. The van der Waals surface area contributed by atoms with Crippen LogP contribution in [0.5, 0.6) is 0 Å². The number of hydrogen-bond donors (Lipinski definition) is 2. The van der Waals surface area contributed by atoms with Crippen molar-refractivity contribution in [3.63, 3.8) is 0 Å². The summed E-state index contributed by atoms with van der Waals surface area (Å²) >= 11 is 0. The molecule has 1 aliphatic rings. The van der Waals surface area contributed by atoms with E-state index in [0.29, 0.717) is 6.42 Å². The Morgan fingerprint density at radius 1 is 1.29 bits per heavy atom. The van der Waals surface area contributed by atoms with Crippen molar-refractivity contribution in [2.45, 2.75) is 12.6 Å². The van der Waals surface area contributed by atoms with Crippen LogP contribution < -0.4 is 0 Å². The monoisotopic (exact) mass is 302 g/mol. The summed E-state index contributed by atoms with van der Waals surface area (Å²) in [4.78, 5) is 17.1. The second kappa shape index (κ2) is 5.46. The summed E-state index contributed by atoms with van der Waals surface area (Å²) in [5, 5.41) is 0. The van der Waals surface area contributed by atoms with Crippen molar-refractivity contribution in [1.82, 2.24) is 0 Å². The fourth-order valence-corrected chi connectivity index (χ4v) is 4.15. The first kappa shape index (κ1) is 15.3. The van der Waals surface area contributed by atoms with Gasteiger partial charge >= 0.3 is 93.8 Å². The molecule has 1 saturated heterocycles. The first-order valence-electron chi connectivity index (χ1n) is 4.37. The number of rotatable bonds is 4. The van der Waals surface area contributed by atoms with Gasteiger partial charge in [0.2, 0.25) is 0 Å². The minimum absolute atomic E-state index is 0.0515. The molecule has 0 atom stereocenters. The molecule has 0 aromatic heterocycles. The quantitative estimate of drug-likeness (QED) is 0.760. The summed E-state index contributed by atoms with van der Waals surface area (Å²) < 4.78 is 64.3. The molecule has 1 aliphatic heterocycles. The molecular formula is C5H11F3O7P2. The second-order valence-corrected chi connectivity index (χ2v) is 6.61. The van der Waals surface area contributed by atoms with E-state index in [1.165, 1.54) is 0 Å². The molecule has 0 aliphatic carbocycles. The second-order valence-electron chi connectivity index (χ2n) is 3.04. The summed E-state index contributed by atoms with van der Waals surface area (Å²) in [7, 11) is -9.47. The SMILES string of the molecule is O=P(O)(O)O[PH]1(OCC(F)(F)F)OCCCO1. The Hall–Kier alpha value is 0.210. The van der Waals surface area contributed by atoms with E-state index in [9.17, 15) is 17.7 Å². The van der Waals surface area contributed by atoms with E-state index in [-0.39, 0.29) is 13.2 Å². The van der Waals surface area contributed by atoms with Gasteiger partial charge in [0.1, 0.15) is 0 Å². The summed E-state index contributed by atoms with van der Waals surface area (Å²) in [5.41, 5.74) is 0. The van der Waals surface area contributed by atoms with Crippen molar-refractivity contribution in [1.29, 1.82) is 0 Å². The molecule has 0 aromatic rings. The summed E-state index contributed by atoms with van der Waals surface area (Å²) in [6.07, 6.45) is -4.31. The van der Waals surface area contributed by atoms with Crippen molar-refractivity contribution in [3.05, 3.63) is 0 Å². The van der Waals surface area contributed by atoms with Crippen LogP contribution in [0.15, 0.2) is 0 Å². The van der Waals surface area contributed by atoms with E-state index in [2.05, 4.69) is 8.83 Å². The maximum atomic E-state index is 12.0. The Labute approximate surface area is 94.7 Å². The molecule has 12 heteroatoms. The molecular weight excluding hydrogens is 291 g/mol. The van der Waals surface area contributed by atoms with Crippen LogP contribution in [0.1, 0.15) is 6.42 Å². The van der Waals surface area contributed by atoms with Gasteiger partial charge in [-0.3, -0.25) is 0 Å². The molecule has 104 valence electrons. The van der Waals surface area contributed by atoms with Crippen LogP contribution in [0.4, 0.5) is 13.2 Å². The van der Waals surface area contributed by atoms with Gasteiger partial charge in [-0.1, -0.05) is 0 Å². The van der Waals surface area contributed by atoms with E-state index in [4.69, 9.17) is 18.8 Å². The average molecular weight is 302 g/mol. The van der Waals surface area contributed by atoms with Gasteiger partial charge in [-0.05, 0) is 0 Å². The summed E-state index contributed by atoms with van der Waals surface area (Å²) in [6, 6.07) is 0. The minimum atomic E-state index is -5.06. The molecule has 1 fully saturated rings. The van der Waals surface area contributed by atoms with Gasteiger partial charge in [-0.25, -0.2) is 0 Å². The normalized spacial score (nSPS) is 23.4. The molecule has 0 spiro atoms. The Bertz CT molecular complexity index is 296. The summed E-state index contributed by atoms with van der Waals surface area (Å²) in [5.74, 6) is 0. The van der Waals surface area contributed by atoms with Gasteiger partial charge in [-0.15, -0.1) is 0 Å². The topological polar surface area (TPSA) is 94.5 Å². The van der Waals surface area contributed by atoms with E-state index >= 15 is 0 Å². The van der Waals surface area contributed by atoms with Gasteiger partial charge in [0.25, 0.3) is 0 Å². The Morgan fingerprint density at radius 3 is 2.24 bits per heavy atom. The molecule has 2 N–H and O–H groups in total. The van der Waals surface area contributed by atoms with Gasteiger partial charge in [0.05, 0.1) is 0 Å². The molecule has 17 heavy (non-hydrogen) atoms. The van der Waals surface area contributed by atoms with Gasteiger partial charge < -0.3 is 0 Å². The van der Waals surface area contributed by atoms with E-state index in [1.807, 2.05) is 0 Å². The van der Waals surface area contributed by atoms with Crippen molar-refractivity contribution in [3.8, 4) is 0 Å². The van der Waals surface area contributed by atoms with Crippen molar-refractivity contribution in [2.75, 3.05) is 19.8 Å². The average Bonchev–Trinajstić information content (AvgIpc) is 2.13. The van der Waals surface area contributed by atoms with Crippen LogP contribution >= 0.6 is 16.0 Å². The van der Waals surface area contributed by atoms with E-state index in [1.54, 1.807) is 0 Å². The van der Waals surface area contributed by atoms with Crippen LogP contribution in [0, 0.1) is 0 Å². The molecule has 0 bridgehead atoms. The van der Waals surface area contributed by atoms with Crippen molar-refractivity contribution in [2.24, 2.45) is 0 Å². The van der Waals surface area contributed by atoms with Crippen LogP contribution in [0.2, 0.25) is 0 Å². The first-order chi connectivity index (χ1) is 7.62. The van der Waals surface area contributed by atoms with Crippen molar-refractivity contribution >= 4 is 16.0 Å². The van der Waals surface area contributed by atoms with Crippen molar-refractivity contribution < 1.29 is 45.4 Å². The molecule has 1 heterocycles. The van der Waals surface area contributed by atoms with Gasteiger partial charge in [0.15, 0.2) is 0 Å². The van der Waals surface area contributed by atoms with E-state index < -0.39 is 28.8 Å². The number of hydrogen-bond acceptors (Lipinski definition) is 5. The summed E-state index contributed by atoms with van der Waals surface area (Å²) in [6.45, 7) is -1.87. The van der Waals surface area contributed by atoms with Crippen LogP contribution in [0.3, 0.4) is 0 Å². The first-order valence-corrected chi connectivity index (χ1v) is 7.53. The maximum absolute atomic E-state index is 12.0. The molecule has 7 nitrogen and oxygen atoms in total. The Kier molecular flexibility index (Phi) is 4.90. The molecule has 1 rings (SSSR count). The number of alkyl halides is 3.